The molecule has 0 unspecified atom stereocenters. The predicted octanol–water partition coefficient (Wildman–Crippen LogP) is 5.15. The minimum absolute atomic E-state index is 0.0575. The van der Waals surface area contributed by atoms with E-state index in [4.69, 9.17) is 11.6 Å². The van der Waals surface area contributed by atoms with Crippen LogP contribution >= 0.6 is 23.4 Å². The van der Waals surface area contributed by atoms with E-state index in [1.165, 1.54) is 11.8 Å². The zero-order chi connectivity index (χ0) is 21.0. The van der Waals surface area contributed by atoms with Crippen LogP contribution in [-0.4, -0.2) is 38.2 Å². The van der Waals surface area contributed by atoms with E-state index < -0.39 is 0 Å². The molecular weight excluding hydrogens is 394 g/mol. The van der Waals surface area contributed by atoms with Gasteiger partial charge in [0.1, 0.15) is 0 Å². The van der Waals surface area contributed by atoms with Gasteiger partial charge in [0.05, 0.1) is 16.7 Å². The number of hydrogen-bond acceptors (Lipinski definition) is 4. The maximum atomic E-state index is 13.0. The third-order valence-electron chi connectivity index (χ3n) is 5.09. The van der Waals surface area contributed by atoms with Gasteiger partial charge in [-0.1, -0.05) is 37.2 Å². The molecule has 2 atom stereocenters. The van der Waals surface area contributed by atoms with Gasteiger partial charge in [0, 0.05) is 23.1 Å². The van der Waals surface area contributed by atoms with Gasteiger partial charge in [-0.05, 0) is 58.7 Å². The lowest BCUT2D eigenvalue weighted by molar-refractivity contribution is -0.132. The van der Waals surface area contributed by atoms with Crippen LogP contribution in [0.3, 0.4) is 0 Å². The summed E-state index contributed by atoms with van der Waals surface area (Å²) in [4.78, 5) is 32.5. The molecule has 2 rings (SSSR count). The van der Waals surface area contributed by atoms with E-state index in [9.17, 15) is 9.59 Å². The number of rotatable bonds is 8. The molecule has 1 heterocycles. The van der Waals surface area contributed by atoms with Crippen LogP contribution in [0.1, 0.15) is 60.4 Å². The van der Waals surface area contributed by atoms with Gasteiger partial charge in [0.2, 0.25) is 5.91 Å². The number of thioether (sulfide) groups is 1. The van der Waals surface area contributed by atoms with Crippen molar-refractivity contribution in [2.75, 3.05) is 5.75 Å². The monoisotopic (exact) mass is 423 g/mol. The Morgan fingerprint density at radius 3 is 2.32 bits per heavy atom. The highest BCUT2D eigenvalue weighted by molar-refractivity contribution is 7.99. The summed E-state index contributed by atoms with van der Waals surface area (Å²) in [5, 5.41) is 1.62. The fourth-order valence-corrected chi connectivity index (χ4v) is 4.39. The largest absolute Gasteiger partial charge is 0.337 e. The van der Waals surface area contributed by atoms with Crippen molar-refractivity contribution in [1.29, 1.82) is 0 Å². The first-order valence-corrected chi connectivity index (χ1v) is 11.2. The van der Waals surface area contributed by atoms with Crippen molar-refractivity contribution in [2.45, 2.75) is 77.7 Å². The quantitative estimate of drug-likeness (QED) is 0.435. The number of fused-ring (bicyclic) bond motifs is 1. The molecule has 1 aromatic carbocycles. The van der Waals surface area contributed by atoms with Gasteiger partial charge in [-0.3, -0.25) is 14.2 Å². The van der Waals surface area contributed by atoms with Gasteiger partial charge in [-0.2, -0.15) is 0 Å². The Balaban J connectivity index is 2.38. The summed E-state index contributed by atoms with van der Waals surface area (Å²) in [6.07, 6.45) is 1.81. The number of aromatic nitrogens is 2. The van der Waals surface area contributed by atoms with Gasteiger partial charge in [-0.15, -0.1) is 0 Å². The minimum atomic E-state index is -0.104. The van der Waals surface area contributed by atoms with Gasteiger partial charge < -0.3 is 4.90 Å². The lowest BCUT2D eigenvalue weighted by Crippen LogP contribution is -2.45. The number of carbonyl (C=O) groups excluding carboxylic acids is 1. The van der Waals surface area contributed by atoms with Crippen molar-refractivity contribution in [3.63, 3.8) is 0 Å². The zero-order valence-corrected chi connectivity index (χ0v) is 19.1. The van der Waals surface area contributed by atoms with Crippen LogP contribution in [0, 0.1) is 0 Å². The highest BCUT2D eigenvalue weighted by Gasteiger charge is 2.24. The van der Waals surface area contributed by atoms with Crippen molar-refractivity contribution in [3.8, 4) is 0 Å². The van der Waals surface area contributed by atoms with Crippen molar-refractivity contribution in [1.82, 2.24) is 14.5 Å². The number of carbonyl (C=O) groups is 1. The summed E-state index contributed by atoms with van der Waals surface area (Å²) < 4.78 is 1.66. The molecule has 0 N–H and O–H groups in total. The minimum Gasteiger partial charge on any atom is -0.337 e. The number of halogens is 1. The van der Waals surface area contributed by atoms with Gasteiger partial charge >= 0.3 is 0 Å². The summed E-state index contributed by atoms with van der Waals surface area (Å²) in [5.41, 5.74) is 0.456. The highest BCUT2D eigenvalue weighted by atomic mass is 35.5. The van der Waals surface area contributed by atoms with E-state index in [-0.39, 0.29) is 35.3 Å². The van der Waals surface area contributed by atoms with Crippen LogP contribution < -0.4 is 5.56 Å². The van der Waals surface area contributed by atoms with E-state index in [1.807, 2.05) is 18.7 Å². The third kappa shape index (κ3) is 4.90. The number of benzene rings is 1. The molecule has 0 spiro atoms. The maximum absolute atomic E-state index is 13.0. The Morgan fingerprint density at radius 2 is 1.79 bits per heavy atom. The van der Waals surface area contributed by atoms with E-state index >= 15 is 0 Å². The summed E-state index contributed by atoms with van der Waals surface area (Å²) in [5.74, 6) is 0.323. The molecule has 7 heteroatoms. The van der Waals surface area contributed by atoms with Crippen LogP contribution in [0.5, 0.6) is 0 Å². The summed E-state index contributed by atoms with van der Waals surface area (Å²) >= 11 is 7.40. The second kappa shape index (κ2) is 9.79. The summed E-state index contributed by atoms with van der Waals surface area (Å²) in [6.45, 7) is 12.2. The van der Waals surface area contributed by atoms with Crippen LogP contribution in [0.15, 0.2) is 28.2 Å². The molecule has 1 amide bonds. The van der Waals surface area contributed by atoms with Gasteiger partial charge in [-0.25, -0.2) is 4.98 Å². The van der Waals surface area contributed by atoms with Crippen LogP contribution in [0.25, 0.3) is 10.9 Å². The molecule has 154 valence electrons. The fourth-order valence-electron chi connectivity index (χ4n) is 3.23. The molecule has 0 aliphatic carbocycles. The van der Waals surface area contributed by atoms with E-state index in [0.29, 0.717) is 21.1 Å². The molecule has 0 aliphatic rings. The number of nitrogens with zero attached hydrogens (tertiary/aromatic N) is 3. The third-order valence-corrected chi connectivity index (χ3v) is 6.26. The second-order valence-electron chi connectivity index (χ2n) is 7.43. The predicted molar refractivity (Wildman–Crippen MR) is 118 cm³/mol. The summed E-state index contributed by atoms with van der Waals surface area (Å²) in [7, 11) is 0. The fraction of sp³-hybridized carbons (Fsp3) is 0.571. The second-order valence-corrected chi connectivity index (χ2v) is 8.81. The number of amides is 1. The van der Waals surface area contributed by atoms with E-state index in [1.54, 1.807) is 22.8 Å². The van der Waals surface area contributed by atoms with Crippen LogP contribution in [-0.2, 0) is 4.79 Å². The molecule has 1 aromatic heterocycles. The molecule has 5 nitrogen and oxygen atoms in total. The van der Waals surface area contributed by atoms with Gasteiger partial charge in [0.25, 0.3) is 5.56 Å². The first-order valence-electron chi connectivity index (χ1n) is 9.86. The smallest absolute Gasteiger partial charge is 0.262 e. The van der Waals surface area contributed by atoms with Crippen molar-refractivity contribution < 1.29 is 4.79 Å². The van der Waals surface area contributed by atoms with Crippen LogP contribution in [0.2, 0.25) is 5.02 Å². The lowest BCUT2D eigenvalue weighted by Gasteiger charge is -2.34. The molecule has 28 heavy (non-hydrogen) atoms. The van der Waals surface area contributed by atoms with Crippen molar-refractivity contribution in [2.24, 2.45) is 0 Å². The first-order chi connectivity index (χ1) is 13.2. The molecule has 0 saturated carbocycles. The van der Waals surface area contributed by atoms with E-state index in [0.717, 1.165) is 12.8 Å². The molecule has 0 saturated heterocycles. The topological polar surface area (TPSA) is 55.2 Å². The Labute approximate surface area is 176 Å². The zero-order valence-electron chi connectivity index (χ0n) is 17.5. The van der Waals surface area contributed by atoms with Crippen LogP contribution in [0.4, 0.5) is 0 Å². The maximum Gasteiger partial charge on any atom is 0.262 e. The highest BCUT2D eigenvalue weighted by Crippen LogP contribution is 2.24. The molecule has 0 radical (unpaired) electrons. The Bertz CT molecular complexity index is 887. The average molecular weight is 424 g/mol. The summed E-state index contributed by atoms with van der Waals surface area (Å²) in [6, 6.07) is 5.40. The lowest BCUT2D eigenvalue weighted by atomic mass is 10.1. The Hall–Kier alpha value is -1.53. The Morgan fingerprint density at radius 1 is 1.18 bits per heavy atom. The van der Waals surface area contributed by atoms with Crippen molar-refractivity contribution in [3.05, 3.63) is 33.6 Å². The SMILES string of the molecule is CC[C@@H](C)N(C(=O)CSc1nc2cc(Cl)ccc2c(=O)n1C(C)C)[C@@H](C)CC. The standard InChI is InChI=1S/C21H30ClN3O2S/c1-7-14(5)25(15(6)8-2)19(26)12-28-21-23-18-11-16(22)9-10-17(18)20(27)24(21)13(3)4/h9-11,13-15H,7-8,12H2,1-6H3/t14-,15+. The van der Waals surface area contributed by atoms with E-state index in [2.05, 4.69) is 32.7 Å². The van der Waals surface area contributed by atoms with Crippen molar-refractivity contribution >= 4 is 40.2 Å². The molecule has 0 fully saturated rings. The average Bonchev–Trinajstić information content (AvgIpc) is 2.65. The molecule has 2 aromatic rings. The first kappa shape index (κ1) is 22.8. The number of hydrogen-bond donors (Lipinski definition) is 0. The molecular formula is C21H30ClN3O2S. The molecule has 0 aliphatic heterocycles. The normalized spacial score (nSPS) is 13.7. The Kier molecular flexibility index (Phi) is 7.96. The molecule has 0 bridgehead atoms. The van der Waals surface area contributed by atoms with Gasteiger partial charge in [0.15, 0.2) is 5.16 Å².